The predicted molar refractivity (Wildman–Crippen MR) is 286 cm³/mol. The van der Waals surface area contributed by atoms with Crippen LogP contribution in [0.5, 0.6) is 0 Å². The Balaban J connectivity index is 2.39. The SMILES string of the molecule is CCC(O[Si](CC)(CC)CC)C(C)C1CCC(C)(O[Si](CC)(CC)CC)/C=C/C(O[Si](CC)(CC)CC)=C(/C)C2OC(=O)CCCCC(C)C(OC(=O)NCCN3CCCCC3)/C(=C/C2C)O1. The third-order valence-corrected chi connectivity index (χ3v) is 30.8. The van der Waals surface area contributed by atoms with Gasteiger partial charge in [0.2, 0.25) is 8.32 Å². The van der Waals surface area contributed by atoms with Gasteiger partial charge in [0.1, 0.15) is 23.7 Å². The van der Waals surface area contributed by atoms with Crippen LogP contribution in [0.2, 0.25) is 54.4 Å². The highest BCUT2D eigenvalue weighted by molar-refractivity contribution is 6.74. The molecule has 1 N–H and O–H groups in total. The minimum atomic E-state index is -2.22. The second-order valence-corrected chi connectivity index (χ2v) is 35.1. The molecule has 8 atom stereocenters. The zero-order chi connectivity index (χ0) is 49.8. The maximum atomic E-state index is 14.1. The van der Waals surface area contributed by atoms with Crippen LogP contribution < -0.4 is 5.32 Å². The molecule has 3 heterocycles. The van der Waals surface area contributed by atoms with E-state index < -0.39 is 48.9 Å². The molecule has 1 saturated heterocycles. The number of fused-ring (bicyclic) bond motifs is 2. The molecular weight excluding hydrogens is 889 g/mol. The first-order valence-electron chi connectivity index (χ1n) is 27.6. The topological polar surface area (TPSA) is 105 Å². The Labute approximate surface area is 414 Å². The van der Waals surface area contributed by atoms with Gasteiger partial charge in [-0.25, -0.2) is 4.79 Å². The number of alkyl carbamates (subject to hydrolysis) is 1. The van der Waals surface area contributed by atoms with E-state index >= 15 is 0 Å². The van der Waals surface area contributed by atoms with Gasteiger partial charge in [0.05, 0.1) is 11.7 Å². The molecular formula is C54H102N2O8Si3. The van der Waals surface area contributed by atoms with Crippen LogP contribution in [0.1, 0.15) is 168 Å². The third-order valence-electron chi connectivity index (χ3n) is 16.8. The third kappa shape index (κ3) is 17.1. The van der Waals surface area contributed by atoms with E-state index in [0.29, 0.717) is 38.0 Å². The molecule has 0 aromatic carbocycles. The molecule has 3 aliphatic heterocycles. The van der Waals surface area contributed by atoms with E-state index in [9.17, 15) is 9.59 Å². The molecule has 8 unspecified atom stereocenters. The van der Waals surface area contributed by atoms with Gasteiger partial charge in [-0.1, -0.05) is 109 Å². The van der Waals surface area contributed by atoms with Crippen molar-refractivity contribution in [1.29, 1.82) is 0 Å². The molecule has 1 fully saturated rings. The summed E-state index contributed by atoms with van der Waals surface area (Å²) in [6, 6.07) is 9.22. The van der Waals surface area contributed by atoms with Crippen molar-refractivity contribution in [3.05, 3.63) is 35.3 Å². The smallest absolute Gasteiger partial charge is 0.407 e. The van der Waals surface area contributed by atoms with Crippen molar-refractivity contribution in [2.24, 2.45) is 17.8 Å². The van der Waals surface area contributed by atoms with E-state index in [1.54, 1.807) is 0 Å². The number of rotatable bonds is 22. The molecule has 67 heavy (non-hydrogen) atoms. The quantitative estimate of drug-likeness (QED) is 0.0839. The number of nitrogens with one attached hydrogen (secondary N) is 1. The average Bonchev–Trinajstić information content (AvgIpc) is 3.34. The zero-order valence-electron chi connectivity index (χ0n) is 45.8. The number of amides is 1. The highest BCUT2D eigenvalue weighted by Gasteiger charge is 2.42. The Morgan fingerprint density at radius 1 is 0.821 bits per heavy atom. The highest BCUT2D eigenvalue weighted by Crippen LogP contribution is 2.39. The van der Waals surface area contributed by atoms with Crippen LogP contribution in [0.4, 0.5) is 4.79 Å². The van der Waals surface area contributed by atoms with Gasteiger partial charge in [-0.15, -0.1) is 0 Å². The Morgan fingerprint density at radius 3 is 1.99 bits per heavy atom. The molecule has 2 bridgehead atoms. The van der Waals surface area contributed by atoms with Crippen LogP contribution in [-0.2, 0) is 32.3 Å². The van der Waals surface area contributed by atoms with Gasteiger partial charge < -0.3 is 37.7 Å². The molecule has 1 amide bonds. The molecule has 13 heteroatoms. The van der Waals surface area contributed by atoms with Crippen LogP contribution in [-0.4, -0.2) is 98.1 Å². The molecule has 3 rings (SSSR count). The normalized spacial score (nSPS) is 29.0. The summed E-state index contributed by atoms with van der Waals surface area (Å²) in [7, 11) is -6.37. The molecule has 388 valence electrons. The number of esters is 1. The van der Waals surface area contributed by atoms with Crippen molar-refractivity contribution in [3.63, 3.8) is 0 Å². The first kappa shape index (κ1) is 59.4. The van der Waals surface area contributed by atoms with Crippen molar-refractivity contribution >= 4 is 37.0 Å². The van der Waals surface area contributed by atoms with Gasteiger partial charge >= 0.3 is 12.1 Å². The minimum Gasteiger partial charge on any atom is -0.543 e. The lowest BCUT2D eigenvalue weighted by molar-refractivity contribution is -0.149. The Bertz CT molecular complexity index is 1550. The van der Waals surface area contributed by atoms with Crippen LogP contribution in [0.25, 0.3) is 0 Å². The highest BCUT2D eigenvalue weighted by atomic mass is 28.4. The van der Waals surface area contributed by atoms with E-state index in [2.05, 4.69) is 132 Å². The first-order chi connectivity index (χ1) is 31.9. The van der Waals surface area contributed by atoms with Gasteiger partial charge in [0.25, 0.3) is 0 Å². The first-order valence-corrected chi connectivity index (χ1v) is 35.2. The molecule has 3 aliphatic rings. The predicted octanol–water partition coefficient (Wildman–Crippen LogP) is 14.5. The van der Waals surface area contributed by atoms with Gasteiger partial charge in [-0.05, 0) is 138 Å². The summed E-state index contributed by atoms with van der Waals surface area (Å²) in [6.07, 6.45) is 13.1. The number of piperidine rings is 1. The summed E-state index contributed by atoms with van der Waals surface area (Å²) in [6.45, 7) is 37.2. The van der Waals surface area contributed by atoms with Crippen molar-refractivity contribution in [3.8, 4) is 0 Å². The number of likely N-dealkylation sites (tertiary alicyclic amines) is 1. The summed E-state index contributed by atoms with van der Waals surface area (Å²) in [4.78, 5) is 30.4. The lowest BCUT2D eigenvalue weighted by atomic mass is 9.88. The summed E-state index contributed by atoms with van der Waals surface area (Å²) >= 11 is 0. The fraction of sp³-hybridized carbons (Fsp3) is 0.852. The second kappa shape index (κ2) is 28.8. The molecule has 0 saturated carbocycles. The van der Waals surface area contributed by atoms with Crippen molar-refractivity contribution < 1.29 is 37.1 Å². The van der Waals surface area contributed by atoms with Gasteiger partial charge in [0, 0.05) is 42.8 Å². The van der Waals surface area contributed by atoms with Gasteiger partial charge in [0.15, 0.2) is 22.7 Å². The van der Waals surface area contributed by atoms with E-state index in [4.69, 9.17) is 27.5 Å². The fourth-order valence-electron chi connectivity index (χ4n) is 11.0. The Kier molecular flexibility index (Phi) is 25.5. The number of carbonyl (C=O) groups is 2. The second-order valence-electron chi connectivity index (χ2n) is 21.0. The lowest BCUT2D eigenvalue weighted by Gasteiger charge is -2.42. The van der Waals surface area contributed by atoms with Crippen molar-refractivity contribution in [2.75, 3.05) is 26.2 Å². The van der Waals surface area contributed by atoms with Crippen molar-refractivity contribution in [1.82, 2.24) is 10.2 Å². The van der Waals surface area contributed by atoms with E-state index in [1.165, 1.54) is 19.3 Å². The molecule has 0 aromatic heterocycles. The monoisotopic (exact) mass is 991 g/mol. The zero-order valence-corrected chi connectivity index (χ0v) is 48.8. The van der Waals surface area contributed by atoms with Crippen LogP contribution in [0.3, 0.4) is 0 Å². The number of carbonyl (C=O) groups excluding carboxylic acids is 2. The molecule has 0 radical (unpaired) electrons. The van der Waals surface area contributed by atoms with Crippen molar-refractivity contribution in [2.45, 2.75) is 252 Å². The average molecular weight is 992 g/mol. The lowest BCUT2D eigenvalue weighted by Crippen LogP contribution is -2.47. The standard InChI is InChI=1S/C54H102N2O8Si3/c1-16-46(62-65(17-2,18-3)19-4)44(13)47-33-35-54(15,64-67(23-8,24-9)25-10)36-34-48(63-66(20-5,21-6)22-7)45(14)51-43(12)41-49(59-47)52(42(11)31-27-28-32-50(57)60-51)61-53(58)55-37-40-56-38-29-26-30-39-56/h34,36,41-44,46-47,51-52H,16-33,35,37-40H2,1-15H3,(H,55,58)/b36-34+,48-45+,49-41-. The Morgan fingerprint density at radius 2 is 1.42 bits per heavy atom. The fourth-order valence-corrected chi connectivity index (χ4v) is 19.7. The summed E-state index contributed by atoms with van der Waals surface area (Å²) in [5, 5.41) is 3.13. The van der Waals surface area contributed by atoms with Gasteiger partial charge in [-0.3, -0.25) is 4.79 Å². The molecule has 0 spiro atoms. The summed E-state index contributed by atoms with van der Waals surface area (Å²) in [5.74, 6) is 0.802. The maximum absolute atomic E-state index is 14.1. The summed E-state index contributed by atoms with van der Waals surface area (Å²) < 4.78 is 43.3. The Hall–Kier alpha value is -1.91. The summed E-state index contributed by atoms with van der Waals surface area (Å²) in [5.41, 5.74) is 0.237. The van der Waals surface area contributed by atoms with E-state index in [0.717, 1.165) is 105 Å². The number of hydrogen-bond donors (Lipinski definition) is 1. The van der Waals surface area contributed by atoms with E-state index in [-0.39, 0.29) is 35.9 Å². The van der Waals surface area contributed by atoms with Gasteiger partial charge in [-0.2, -0.15) is 0 Å². The number of nitrogens with zero attached hydrogens (tertiary/aromatic N) is 1. The van der Waals surface area contributed by atoms with Crippen LogP contribution >= 0.6 is 0 Å². The molecule has 10 nitrogen and oxygen atoms in total. The van der Waals surface area contributed by atoms with E-state index in [1.807, 2.05) is 0 Å². The number of ether oxygens (including phenoxy) is 3. The number of allylic oxidation sites excluding steroid dienone is 1. The maximum Gasteiger partial charge on any atom is 0.407 e. The minimum absolute atomic E-state index is 0.00924. The molecule has 0 aromatic rings. The largest absolute Gasteiger partial charge is 0.543 e. The molecule has 0 aliphatic carbocycles. The number of hydrogen-bond acceptors (Lipinski definition) is 9. The van der Waals surface area contributed by atoms with Crippen LogP contribution in [0, 0.1) is 17.8 Å². The van der Waals surface area contributed by atoms with Crippen LogP contribution in [0.15, 0.2) is 35.3 Å².